The van der Waals surface area contributed by atoms with Crippen LogP contribution >= 0.6 is 0 Å². The maximum Gasteiger partial charge on any atom is 0.311 e. The van der Waals surface area contributed by atoms with Crippen molar-refractivity contribution >= 4 is 30.6 Å². The van der Waals surface area contributed by atoms with Crippen molar-refractivity contribution in [3.8, 4) is 0 Å². The maximum atomic E-state index is 14.3. The Hall–Kier alpha value is -3.26. The summed E-state index contributed by atoms with van der Waals surface area (Å²) in [4.78, 5) is 29.2. The van der Waals surface area contributed by atoms with Gasteiger partial charge in [-0.15, -0.1) is 0 Å². The zero-order chi connectivity index (χ0) is 30.1. The highest BCUT2D eigenvalue weighted by atomic mass is 28.4. The molecule has 6 nitrogen and oxygen atoms in total. The molecule has 1 aliphatic heterocycles. The number of likely N-dealkylation sites (tertiary alicyclic amines) is 1. The van der Waals surface area contributed by atoms with Gasteiger partial charge in [-0.3, -0.25) is 9.59 Å². The highest BCUT2D eigenvalue weighted by Gasteiger charge is 2.61. The summed E-state index contributed by atoms with van der Waals surface area (Å²) in [6, 6.07) is 29.1. The van der Waals surface area contributed by atoms with Crippen LogP contribution in [0.4, 0.5) is 0 Å². The third-order valence-corrected chi connectivity index (χ3v) is 14.5. The Labute approximate surface area is 250 Å². The van der Waals surface area contributed by atoms with Crippen LogP contribution in [0.3, 0.4) is 0 Å². The smallest absolute Gasteiger partial charge is 0.311 e. The van der Waals surface area contributed by atoms with Gasteiger partial charge >= 0.3 is 5.97 Å². The molecule has 0 bridgehead atoms. The lowest BCUT2D eigenvalue weighted by atomic mass is 9.65. The third kappa shape index (κ3) is 5.12. The van der Waals surface area contributed by atoms with E-state index < -0.39 is 38.0 Å². The zero-order valence-electron chi connectivity index (χ0n) is 25.3. The normalized spacial score (nSPS) is 26.3. The third-order valence-electron chi connectivity index (χ3n) is 9.48. The van der Waals surface area contributed by atoms with Gasteiger partial charge in [-0.1, -0.05) is 106 Å². The molecule has 2 fully saturated rings. The summed E-state index contributed by atoms with van der Waals surface area (Å²) in [7, 11) is -1.67. The monoisotopic (exact) mass is 585 g/mol. The molecule has 1 aliphatic carbocycles. The second-order valence-electron chi connectivity index (χ2n) is 12.9. The summed E-state index contributed by atoms with van der Waals surface area (Å²) in [6.07, 6.45) is 1.54. The van der Waals surface area contributed by atoms with E-state index in [1.807, 2.05) is 66.4 Å². The van der Waals surface area contributed by atoms with Gasteiger partial charge in [0.1, 0.15) is 5.60 Å². The first-order chi connectivity index (χ1) is 20.0. The van der Waals surface area contributed by atoms with Crippen molar-refractivity contribution in [2.45, 2.75) is 82.2 Å². The minimum atomic E-state index is -3.03. The van der Waals surface area contributed by atoms with Crippen molar-refractivity contribution in [3.05, 3.63) is 96.6 Å². The van der Waals surface area contributed by atoms with E-state index >= 15 is 0 Å². The molecule has 0 spiro atoms. The molecule has 5 rings (SSSR count). The fraction of sp³-hybridized carbons (Fsp3) is 0.429. The molecule has 1 amide bonds. The molecule has 1 heterocycles. The number of benzene rings is 3. The van der Waals surface area contributed by atoms with E-state index in [0.29, 0.717) is 18.4 Å². The van der Waals surface area contributed by atoms with Crippen molar-refractivity contribution in [2.75, 3.05) is 7.11 Å². The summed E-state index contributed by atoms with van der Waals surface area (Å²) in [6.45, 7) is 8.68. The molecule has 3 aromatic rings. The molecule has 1 saturated carbocycles. The van der Waals surface area contributed by atoms with Crippen LogP contribution in [0.15, 0.2) is 91.0 Å². The molecule has 3 aromatic carbocycles. The Bertz CT molecular complexity index is 1340. The van der Waals surface area contributed by atoms with Gasteiger partial charge in [-0.25, -0.2) is 0 Å². The average Bonchev–Trinajstić information content (AvgIpc) is 3.00. The number of fused-ring (bicyclic) bond motifs is 1. The molecule has 0 radical (unpaired) electrons. The topological polar surface area (TPSA) is 76.1 Å². The number of ether oxygens (including phenoxy) is 1. The van der Waals surface area contributed by atoms with Gasteiger partial charge in [-0.05, 0) is 47.3 Å². The summed E-state index contributed by atoms with van der Waals surface area (Å²) in [5.74, 6) is -1.34. The number of carbonyl (C=O) groups is 2. The van der Waals surface area contributed by atoms with Crippen LogP contribution in [-0.4, -0.2) is 61.1 Å². The van der Waals surface area contributed by atoms with Crippen molar-refractivity contribution in [2.24, 2.45) is 5.92 Å². The SMILES string of the molecule is COC(=O)[C@H]1CCC[C@H]2N(C(=O)c3ccccc3)[C@@H](C)[C@@H](O[Si](c3ccccc3)(c3ccccc3)C(C)(C)C)C[C@@]12O. The van der Waals surface area contributed by atoms with Crippen LogP contribution in [-0.2, 0) is 14.0 Å². The number of aliphatic hydroxyl groups is 1. The summed E-state index contributed by atoms with van der Waals surface area (Å²) < 4.78 is 12.8. The van der Waals surface area contributed by atoms with Gasteiger partial charge in [0.25, 0.3) is 14.2 Å². The lowest BCUT2D eigenvalue weighted by Gasteiger charge is -2.58. The number of piperidine rings is 1. The second-order valence-corrected chi connectivity index (χ2v) is 17.1. The summed E-state index contributed by atoms with van der Waals surface area (Å²) in [5.41, 5.74) is -0.934. The maximum absolute atomic E-state index is 14.3. The van der Waals surface area contributed by atoms with Crippen molar-refractivity contribution in [3.63, 3.8) is 0 Å². The number of esters is 1. The van der Waals surface area contributed by atoms with E-state index in [2.05, 4.69) is 45.0 Å². The predicted molar refractivity (Wildman–Crippen MR) is 167 cm³/mol. The van der Waals surface area contributed by atoms with E-state index in [1.54, 1.807) is 12.1 Å². The Balaban J connectivity index is 1.68. The Kier molecular flexibility index (Phi) is 8.48. The minimum absolute atomic E-state index is 0.159. The molecule has 0 aromatic heterocycles. The van der Waals surface area contributed by atoms with E-state index in [-0.39, 0.29) is 23.4 Å². The van der Waals surface area contributed by atoms with Crippen molar-refractivity contribution < 1.29 is 23.9 Å². The van der Waals surface area contributed by atoms with Crippen LogP contribution in [0.2, 0.25) is 5.04 Å². The molecule has 0 unspecified atom stereocenters. The Morgan fingerprint density at radius 3 is 1.90 bits per heavy atom. The van der Waals surface area contributed by atoms with Gasteiger partial charge in [0.05, 0.1) is 31.2 Å². The summed E-state index contributed by atoms with van der Waals surface area (Å²) >= 11 is 0. The number of rotatable bonds is 6. The number of amides is 1. The fourth-order valence-electron chi connectivity index (χ4n) is 7.44. The molecule has 1 N–H and O–H groups in total. The summed E-state index contributed by atoms with van der Waals surface area (Å²) in [5, 5.41) is 14.5. The van der Waals surface area contributed by atoms with E-state index in [0.717, 1.165) is 16.8 Å². The lowest BCUT2D eigenvalue weighted by Crippen LogP contribution is -2.74. The standard InChI is InChI=1S/C35H43NO5Si/c1-25-30(41-42(34(2,3)4,27-18-11-7-12-19-27)28-20-13-8-14-21-28)24-35(39)29(33(38)40-5)22-15-23-31(35)36(25)32(37)26-16-9-6-10-17-26/h6-14,16-21,25,29-31,39H,15,22-24H2,1-5H3/t25-,29+,30-,31+,35+/m0/s1. The van der Waals surface area contributed by atoms with E-state index in [4.69, 9.17) is 9.16 Å². The molecule has 222 valence electrons. The van der Waals surface area contributed by atoms with Gasteiger partial charge < -0.3 is 19.2 Å². The fourth-order valence-corrected chi connectivity index (χ4v) is 12.2. The Morgan fingerprint density at radius 2 is 1.40 bits per heavy atom. The molecule has 1 saturated heterocycles. The average molecular weight is 586 g/mol. The highest BCUT2D eigenvalue weighted by Crippen LogP contribution is 2.48. The van der Waals surface area contributed by atoms with Crippen LogP contribution in [0.1, 0.15) is 63.7 Å². The molecular formula is C35H43NO5Si. The molecule has 42 heavy (non-hydrogen) atoms. The first-order valence-electron chi connectivity index (χ1n) is 15.0. The first-order valence-corrected chi connectivity index (χ1v) is 16.9. The number of hydrogen-bond acceptors (Lipinski definition) is 5. The Morgan fingerprint density at radius 1 is 0.881 bits per heavy atom. The van der Waals surface area contributed by atoms with Gasteiger partial charge in [0.15, 0.2) is 0 Å². The second kappa shape index (κ2) is 11.8. The first kappa shape index (κ1) is 30.2. The van der Waals surface area contributed by atoms with E-state index in [1.165, 1.54) is 7.11 Å². The van der Waals surface area contributed by atoms with Gasteiger partial charge in [-0.2, -0.15) is 0 Å². The number of hydrogen-bond donors (Lipinski definition) is 1. The van der Waals surface area contributed by atoms with Gasteiger partial charge in [0, 0.05) is 12.0 Å². The van der Waals surface area contributed by atoms with Gasteiger partial charge in [0.2, 0.25) is 0 Å². The number of carbonyl (C=O) groups excluding carboxylic acids is 2. The molecule has 2 aliphatic rings. The van der Waals surface area contributed by atoms with Crippen molar-refractivity contribution in [1.29, 1.82) is 0 Å². The zero-order valence-corrected chi connectivity index (χ0v) is 26.3. The van der Waals surface area contributed by atoms with Crippen LogP contribution < -0.4 is 10.4 Å². The van der Waals surface area contributed by atoms with Crippen LogP contribution in [0, 0.1) is 5.92 Å². The van der Waals surface area contributed by atoms with E-state index in [9.17, 15) is 14.7 Å². The minimum Gasteiger partial charge on any atom is -0.469 e. The predicted octanol–water partition coefficient (Wildman–Crippen LogP) is 4.94. The van der Waals surface area contributed by atoms with Crippen LogP contribution in [0.5, 0.6) is 0 Å². The highest BCUT2D eigenvalue weighted by molar-refractivity contribution is 6.99. The molecular weight excluding hydrogens is 542 g/mol. The quantitative estimate of drug-likeness (QED) is 0.328. The molecule has 5 atom stereocenters. The number of methoxy groups -OCH3 is 1. The van der Waals surface area contributed by atoms with Crippen LogP contribution in [0.25, 0.3) is 0 Å². The number of nitrogens with zero attached hydrogens (tertiary/aromatic N) is 1. The largest absolute Gasteiger partial charge is 0.469 e. The lowest BCUT2D eigenvalue weighted by molar-refractivity contribution is -0.189. The molecule has 7 heteroatoms. The van der Waals surface area contributed by atoms with Crippen molar-refractivity contribution in [1.82, 2.24) is 4.90 Å².